The summed E-state index contributed by atoms with van der Waals surface area (Å²) in [6, 6.07) is 0. The first-order chi connectivity index (χ1) is 13.7. The molecule has 2 aliphatic rings. The molecule has 0 aliphatic carbocycles. The lowest BCUT2D eigenvalue weighted by atomic mass is 9.98. The number of carbonyl (C=O) groups is 2. The average Bonchev–Trinajstić information content (AvgIpc) is 3.31. The highest BCUT2D eigenvalue weighted by Crippen LogP contribution is 2.32. The predicted octanol–water partition coefficient (Wildman–Crippen LogP) is 1.84. The topological polar surface area (TPSA) is 88.9 Å². The number of hydrogen-bond donors (Lipinski definition) is 0. The molecule has 0 spiro atoms. The van der Waals surface area contributed by atoms with Gasteiger partial charge in [0.15, 0.2) is 0 Å². The summed E-state index contributed by atoms with van der Waals surface area (Å²) >= 11 is 0. The molecule has 29 heavy (non-hydrogen) atoms. The van der Waals surface area contributed by atoms with Crippen molar-refractivity contribution in [3.05, 3.63) is 17.0 Å². The summed E-state index contributed by atoms with van der Waals surface area (Å²) in [6.45, 7) is 7.29. The van der Waals surface area contributed by atoms with Crippen molar-refractivity contribution in [2.45, 2.75) is 51.3 Å². The summed E-state index contributed by atoms with van der Waals surface area (Å²) in [5.41, 5.74) is 1.15. The monoisotopic (exact) mass is 425 g/mol. The number of likely N-dealkylation sites (tertiary alicyclic amines) is 1. The summed E-state index contributed by atoms with van der Waals surface area (Å²) in [5, 5.41) is 0. The van der Waals surface area contributed by atoms with E-state index in [0.717, 1.165) is 25.9 Å². The van der Waals surface area contributed by atoms with Gasteiger partial charge in [0.25, 0.3) is 0 Å². The van der Waals surface area contributed by atoms with Gasteiger partial charge in [-0.3, -0.25) is 4.79 Å². The van der Waals surface area contributed by atoms with Crippen molar-refractivity contribution in [3.8, 4) is 0 Å². The molecule has 1 aromatic rings. The van der Waals surface area contributed by atoms with Crippen LogP contribution in [0.1, 0.15) is 54.4 Å². The van der Waals surface area contributed by atoms with Crippen LogP contribution in [0, 0.1) is 19.8 Å². The third kappa shape index (κ3) is 3.94. The Morgan fingerprint density at radius 2 is 1.72 bits per heavy atom. The standard InChI is InChI=1S/C20H31N3O5S/c1-5-28-20(25)17-14(2)21(4)15(3)18(17)29(26,27)23-12-8-9-16(13-23)19(24)22-10-6-7-11-22/h16H,5-13H2,1-4H3/t16-/m0/s1. The molecule has 8 nitrogen and oxygen atoms in total. The van der Waals surface area contributed by atoms with Crippen molar-refractivity contribution in [2.75, 3.05) is 32.8 Å². The number of hydrogen-bond acceptors (Lipinski definition) is 5. The Morgan fingerprint density at radius 3 is 2.34 bits per heavy atom. The quantitative estimate of drug-likeness (QED) is 0.672. The van der Waals surface area contributed by atoms with Crippen LogP contribution < -0.4 is 0 Å². The Morgan fingerprint density at radius 1 is 1.07 bits per heavy atom. The molecule has 0 bridgehead atoms. The maximum Gasteiger partial charge on any atom is 0.341 e. The normalized spacial score (nSPS) is 20.8. The predicted molar refractivity (Wildman–Crippen MR) is 108 cm³/mol. The number of esters is 1. The number of aromatic nitrogens is 1. The van der Waals surface area contributed by atoms with Crippen LogP contribution in [-0.2, 0) is 26.6 Å². The molecule has 1 aromatic heterocycles. The molecule has 0 aromatic carbocycles. The first kappa shape index (κ1) is 21.8. The average molecular weight is 426 g/mol. The van der Waals surface area contributed by atoms with E-state index in [1.807, 2.05) is 4.90 Å². The second kappa shape index (κ2) is 8.47. The van der Waals surface area contributed by atoms with Crippen LogP contribution in [0.25, 0.3) is 0 Å². The number of amides is 1. The summed E-state index contributed by atoms with van der Waals surface area (Å²) in [5.74, 6) is -0.907. The van der Waals surface area contributed by atoms with Crippen molar-refractivity contribution in [2.24, 2.45) is 13.0 Å². The van der Waals surface area contributed by atoms with Crippen molar-refractivity contribution in [3.63, 3.8) is 0 Å². The molecule has 9 heteroatoms. The molecular formula is C20H31N3O5S. The first-order valence-corrected chi connectivity index (χ1v) is 11.8. The Labute approximate surface area is 172 Å². The van der Waals surface area contributed by atoms with Gasteiger partial charge >= 0.3 is 5.97 Å². The second-order valence-corrected chi connectivity index (χ2v) is 9.76. The van der Waals surface area contributed by atoms with Crippen LogP contribution in [0.4, 0.5) is 0 Å². The minimum Gasteiger partial charge on any atom is -0.462 e. The number of sulfonamides is 1. The first-order valence-electron chi connectivity index (χ1n) is 10.3. The highest BCUT2D eigenvalue weighted by Gasteiger charge is 2.40. The molecule has 2 saturated heterocycles. The summed E-state index contributed by atoms with van der Waals surface area (Å²) in [6.07, 6.45) is 3.33. The van der Waals surface area contributed by atoms with Crippen molar-refractivity contribution >= 4 is 21.9 Å². The van der Waals surface area contributed by atoms with Gasteiger partial charge in [0.2, 0.25) is 15.9 Å². The molecule has 0 unspecified atom stereocenters. The summed E-state index contributed by atoms with van der Waals surface area (Å²) in [4.78, 5) is 27.2. The Bertz CT molecular complexity index is 900. The van der Waals surface area contributed by atoms with Crippen LogP contribution in [0.3, 0.4) is 0 Å². The van der Waals surface area contributed by atoms with E-state index in [4.69, 9.17) is 4.74 Å². The van der Waals surface area contributed by atoms with Crippen LogP contribution in [0.2, 0.25) is 0 Å². The third-order valence-corrected chi connectivity index (χ3v) is 8.18. The Balaban J connectivity index is 1.93. The van der Waals surface area contributed by atoms with Gasteiger partial charge in [0.1, 0.15) is 10.5 Å². The minimum atomic E-state index is -3.94. The highest BCUT2D eigenvalue weighted by atomic mass is 32.2. The molecule has 1 amide bonds. The van der Waals surface area contributed by atoms with E-state index in [1.54, 1.807) is 32.4 Å². The fourth-order valence-electron chi connectivity index (χ4n) is 4.36. The number of rotatable bonds is 5. The van der Waals surface area contributed by atoms with E-state index < -0.39 is 16.0 Å². The van der Waals surface area contributed by atoms with Gasteiger partial charge in [-0.2, -0.15) is 4.31 Å². The van der Waals surface area contributed by atoms with Crippen molar-refractivity contribution < 1.29 is 22.7 Å². The Kier molecular flexibility index (Phi) is 6.38. The van der Waals surface area contributed by atoms with E-state index in [1.165, 1.54) is 4.31 Å². The largest absolute Gasteiger partial charge is 0.462 e. The molecule has 0 radical (unpaired) electrons. The lowest BCUT2D eigenvalue weighted by molar-refractivity contribution is -0.135. The van der Waals surface area contributed by atoms with E-state index in [-0.39, 0.29) is 35.4 Å². The van der Waals surface area contributed by atoms with E-state index in [9.17, 15) is 18.0 Å². The van der Waals surface area contributed by atoms with Crippen LogP contribution in [0.5, 0.6) is 0 Å². The van der Waals surface area contributed by atoms with Crippen molar-refractivity contribution in [1.82, 2.24) is 13.8 Å². The fourth-order valence-corrected chi connectivity index (χ4v) is 6.37. The van der Waals surface area contributed by atoms with Gasteiger partial charge in [-0.25, -0.2) is 13.2 Å². The smallest absolute Gasteiger partial charge is 0.341 e. The fraction of sp³-hybridized carbons (Fsp3) is 0.700. The maximum atomic E-state index is 13.6. The molecule has 162 valence electrons. The Hall–Kier alpha value is -1.87. The van der Waals surface area contributed by atoms with Gasteiger partial charge in [-0.05, 0) is 46.5 Å². The third-order valence-electron chi connectivity index (χ3n) is 6.15. The summed E-state index contributed by atoms with van der Waals surface area (Å²) < 4.78 is 35.4. The SMILES string of the molecule is CCOC(=O)c1c(S(=O)(=O)N2CCC[C@H](C(=O)N3CCCC3)C2)c(C)n(C)c1C. The number of nitrogens with zero attached hydrogens (tertiary/aromatic N) is 3. The molecule has 3 heterocycles. The van der Waals surface area contributed by atoms with E-state index in [0.29, 0.717) is 30.8 Å². The molecule has 2 aliphatic heterocycles. The number of carbonyl (C=O) groups excluding carboxylic acids is 2. The molecule has 3 rings (SSSR count). The second-order valence-electron chi connectivity index (χ2n) is 7.89. The lowest BCUT2D eigenvalue weighted by Gasteiger charge is -2.33. The van der Waals surface area contributed by atoms with E-state index in [2.05, 4.69) is 0 Å². The van der Waals surface area contributed by atoms with Crippen LogP contribution in [0.15, 0.2) is 4.90 Å². The van der Waals surface area contributed by atoms with Gasteiger partial charge < -0.3 is 14.2 Å². The molecular weight excluding hydrogens is 394 g/mol. The molecule has 0 N–H and O–H groups in total. The molecule has 1 atom stereocenters. The van der Waals surface area contributed by atoms with E-state index >= 15 is 0 Å². The van der Waals surface area contributed by atoms with Crippen LogP contribution >= 0.6 is 0 Å². The number of piperidine rings is 1. The maximum absolute atomic E-state index is 13.6. The lowest BCUT2D eigenvalue weighted by Crippen LogP contribution is -2.46. The number of ether oxygens (including phenoxy) is 1. The van der Waals surface area contributed by atoms with Gasteiger partial charge in [-0.15, -0.1) is 0 Å². The minimum absolute atomic E-state index is 0.00483. The van der Waals surface area contributed by atoms with Crippen LogP contribution in [-0.4, -0.2) is 66.9 Å². The zero-order valence-electron chi connectivity index (χ0n) is 17.7. The zero-order chi connectivity index (χ0) is 21.3. The van der Waals surface area contributed by atoms with Gasteiger partial charge in [0.05, 0.1) is 12.5 Å². The molecule has 0 saturated carbocycles. The van der Waals surface area contributed by atoms with Gasteiger partial charge in [0, 0.05) is 44.6 Å². The molecule has 2 fully saturated rings. The van der Waals surface area contributed by atoms with Crippen molar-refractivity contribution in [1.29, 1.82) is 0 Å². The summed E-state index contributed by atoms with van der Waals surface area (Å²) in [7, 11) is -2.20. The zero-order valence-corrected chi connectivity index (χ0v) is 18.5. The highest BCUT2D eigenvalue weighted by molar-refractivity contribution is 7.89. The van der Waals surface area contributed by atoms with Gasteiger partial charge in [-0.1, -0.05) is 0 Å².